The van der Waals surface area contributed by atoms with E-state index in [-0.39, 0.29) is 0 Å². The third kappa shape index (κ3) is 3.40. The summed E-state index contributed by atoms with van der Waals surface area (Å²) in [5.74, 6) is 0.850. The molecule has 152 valence electrons. The summed E-state index contributed by atoms with van der Waals surface area (Å²) in [7, 11) is 0. The van der Waals surface area contributed by atoms with Gasteiger partial charge in [0.05, 0.1) is 11.4 Å². The number of benzene rings is 4. The van der Waals surface area contributed by atoms with Crippen LogP contribution in [0.25, 0.3) is 33.6 Å². The molecule has 0 spiro atoms. The topological polar surface area (TPSA) is 25.8 Å². The highest BCUT2D eigenvalue weighted by Gasteiger charge is 2.21. The van der Waals surface area contributed by atoms with E-state index in [1.165, 1.54) is 27.8 Å². The SMILES string of the molecule is c1ccc(-c2cc(-c3ccccc3)nc(Cc3cccc4c3-c3ccccc3C4)n2)cc1. The Bertz CT molecular complexity index is 1350. The summed E-state index contributed by atoms with van der Waals surface area (Å²) in [5.41, 5.74) is 10.9. The Hall–Kier alpha value is -4.04. The molecular formula is C30H22N2. The predicted octanol–water partition coefficient (Wildman–Crippen LogP) is 6.97. The molecule has 32 heavy (non-hydrogen) atoms. The van der Waals surface area contributed by atoms with Crippen LogP contribution >= 0.6 is 0 Å². The molecule has 0 fully saturated rings. The van der Waals surface area contributed by atoms with Crippen molar-refractivity contribution in [1.82, 2.24) is 9.97 Å². The third-order valence-electron chi connectivity index (χ3n) is 6.16. The van der Waals surface area contributed by atoms with Gasteiger partial charge in [-0.05, 0) is 40.3 Å². The molecule has 0 unspecified atom stereocenters. The molecule has 5 aromatic rings. The van der Waals surface area contributed by atoms with Crippen LogP contribution in [0.15, 0.2) is 109 Å². The molecule has 0 aliphatic heterocycles. The summed E-state index contributed by atoms with van der Waals surface area (Å²) in [6.07, 6.45) is 1.71. The molecule has 0 saturated carbocycles. The number of nitrogens with zero attached hydrogens (tertiary/aromatic N) is 2. The van der Waals surface area contributed by atoms with E-state index in [1.807, 2.05) is 12.1 Å². The van der Waals surface area contributed by atoms with Crippen LogP contribution < -0.4 is 0 Å². The molecule has 1 aliphatic carbocycles. The van der Waals surface area contributed by atoms with E-state index in [9.17, 15) is 0 Å². The molecule has 2 heteroatoms. The highest BCUT2D eigenvalue weighted by molar-refractivity contribution is 5.79. The van der Waals surface area contributed by atoms with Crippen molar-refractivity contribution in [3.8, 4) is 33.6 Å². The molecule has 1 heterocycles. The maximum Gasteiger partial charge on any atom is 0.134 e. The largest absolute Gasteiger partial charge is 0.233 e. The zero-order chi connectivity index (χ0) is 21.3. The van der Waals surface area contributed by atoms with Crippen LogP contribution in [0.4, 0.5) is 0 Å². The minimum Gasteiger partial charge on any atom is -0.233 e. The first kappa shape index (κ1) is 18.7. The van der Waals surface area contributed by atoms with Crippen molar-refractivity contribution < 1.29 is 0 Å². The van der Waals surface area contributed by atoms with Gasteiger partial charge in [0.25, 0.3) is 0 Å². The van der Waals surface area contributed by atoms with E-state index in [0.29, 0.717) is 6.42 Å². The van der Waals surface area contributed by atoms with Crippen molar-refractivity contribution in [2.24, 2.45) is 0 Å². The quantitative estimate of drug-likeness (QED) is 0.313. The zero-order valence-corrected chi connectivity index (χ0v) is 17.7. The highest BCUT2D eigenvalue weighted by atomic mass is 14.9. The smallest absolute Gasteiger partial charge is 0.134 e. The predicted molar refractivity (Wildman–Crippen MR) is 130 cm³/mol. The summed E-state index contributed by atoms with van der Waals surface area (Å²) < 4.78 is 0. The highest BCUT2D eigenvalue weighted by Crippen LogP contribution is 2.39. The molecule has 0 saturated heterocycles. The zero-order valence-electron chi connectivity index (χ0n) is 17.7. The first-order chi connectivity index (χ1) is 15.8. The van der Waals surface area contributed by atoms with Crippen LogP contribution in [0.1, 0.15) is 22.5 Å². The van der Waals surface area contributed by atoms with Crippen LogP contribution in [0, 0.1) is 0 Å². The molecule has 0 bridgehead atoms. The molecule has 0 radical (unpaired) electrons. The molecule has 0 atom stereocenters. The van der Waals surface area contributed by atoms with Crippen molar-refractivity contribution in [2.75, 3.05) is 0 Å². The third-order valence-corrected chi connectivity index (χ3v) is 6.16. The lowest BCUT2D eigenvalue weighted by atomic mass is 9.97. The lowest BCUT2D eigenvalue weighted by Crippen LogP contribution is -2.02. The second-order valence-corrected chi connectivity index (χ2v) is 8.25. The normalized spacial score (nSPS) is 11.8. The first-order valence-electron chi connectivity index (χ1n) is 11.0. The van der Waals surface area contributed by atoms with E-state index in [4.69, 9.17) is 9.97 Å². The van der Waals surface area contributed by atoms with Gasteiger partial charge in [0.15, 0.2) is 0 Å². The molecule has 1 aliphatic rings. The Morgan fingerprint density at radius 1 is 0.562 bits per heavy atom. The second kappa shape index (κ2) is 7.90. The molecule has 6 rings (SSSR count). The van der Waals surface area contributed by atoms with E-state index < -0.39 is 0 Å². The van der Waals surface area contributed by atoms with Crippen LogP contribution in [0.3, 0.4) is 0 Å². The van der Waals surface area contributed by atoms with Crippen molar-refractivity contribution in [3.05, 3.63) is 132 Å². The van der Waals surface area contributed by atoms with Gasteiger partial charge in [-0.2, -0.15) is 0 Å². The Morgan fingerprint density at radius 2 is 1.16 bits per heavy atom. The monoisotopic (exact) mass is 410 g/mol. The summed E-state index contributed by atoms with van der Waals surface area (Å²) in [6.45, 7) is 0. The number of hydrogen-bond donors (Lipinski definition) is 0. The van der Waals surface area contributed by atoms with Crippen LogP contribution in [-0.2, 0) is 12.8 Å². The summed E-state index contributed by atoms with van der Waals surface area (Å²) >= 11 is 0. The fourth-order valence-corrected chi connectivity index (χ4v) is 4.68. The Labute approximate surface area is 188 Å². The molecule has 0 N–H and O–H groups in total. The Kier molecular flexibility index (Phi) is 4.62. The second-order valence-electron chi connectivity index (χ2n) is 8.25. The molecule has 1 aromatic heterocycles. The molecule has 4 aromatic carbocycles. The molecular weight excluding hydrogens is 388 g/mol. The van der Waals surface area contributed by atoms with Crippen LogP contribution in [0.5, 0.6) is 0 Å². The van der Waals surface area contributed by atoms with Gasteiger partial charge >= 0.3 is 0 Å². The summed E-state index contributed by atoms with van der Waals surface area (Å²) in [6, 6.07) is 38.2. The average Bonchev–Trinajstić information content (AvgIpc) is 3.25. The van der Waals surface area contributed by atoms with Gasteiger partial charge in [-0.15, -0.1) is 0 Å². The van der Waals surface area contributed by atoms with Crippen molar-refractivity contribution in [1.29, 1.82) is 0 Å². The van der Waals surface area contributed by atoms with E-state index >= 15 is 0 Å². The van der Waals surface area contributed by atoms with Crippen molar-refractivity contribution in [2.45, 2.75) is 12.8 Å². The number of aromatic nitrogens is 2. The van der Waals surface area contributed by atoms with Gasteiger partial charge in [0.2, 0.25) is 0 Å². The fourth-order valence-electron chi connectivity index (χ4n) is 4.68. The summed E-state index contributed by atoms with van der Waals surface area (Å²) in [5, 5.41) is 0. The van der Waals surface area contributed by atoms with Gasteiger partial charge in [-0.3, -0.25) is 0 Å². The minimum atomic E-state index is 0.706. The number of rotatable bonds is 4. The standard InChI is InChI=1S/C30H22N2/c1-3-10-21(11-4-1)27-20-28(22-12-5-2-6-13-22)32-29(31-27)19-25-16-9-15-24-18-23-14-7-8-17-26(23)30(24)25/h1-17,20H,18-19H2. The van der Waals surface area contributed by atoms with Crippen molar-refractivity contribution >= 4 is 0 Å². The number of fused-ring (bicyclic) bond motifs is 3. The minimum absolute atomic E-state index is 0.706. The van der Waals surface area contributed by atoms with Gasteiger partial charge in [-0.25, -0.2) is 9.97 Å². The summed E-state index contributed by atoms with van der Waals surface area (Å²) in [4.78, 5) is 9.99. The van der Waals surface area contributed by atoms with E-state index in [0.717, 1.165) is 34.8 Å². The Morgan fingerprint density at radius 3 is 1.84 bits per heavy atom. The van der Waals surface area contributed by atoms with Gasteiger partial charge in [0.1, 0.15) is 5.82 Å². The maximum atomic E-state index is 4.99. The Balaban J connectivity index is 1.47. The number of hydrogen-bond acceptors (Lipinski definition) is 2. The lowest BCUT2D eigenvalue weighted by Gasteiger charge is -2.12. The van der Waals surface area contributed by atoms with E-state index in [2.05, 4.69) is 97.1 Å². The van der Waals surface area contributed by atoms with Gasteiger partial charge in [-0.1, -0.05) is 103 Å². The van der Waals surface area contributed by atoms with Crippen LogP contribution in [-0.4, -0.2) is 9.97 Å². The molecule has 2 nitrogen and oxygen atoms in total. The van der Waals surface area contributed by atoms with Crippen LogP contribution in [0.2, 0.25) is 0 Å². The van der Waals surface area contributed by atoms with E-state index in [1.54, 1.807) is 0 Å². The lowest BCUT2D eigenvalue weighted by molar-refractivity contribution is 0.976. The molecule has 0 amide bonds. The average molecular weight is 411 g/mol. The van der Waals surface area contributed by atoms with Crippen molar-refractivity contribution in [3.63, 3.8) is 0 Å². The fraction of sp³-hybridized carbons (Fsp3) is 0.0667. The van der Waals surface area contributed by atoms with Gasteiger partial charge < -0.3 is 0 Å². The van der Waals surface area contributed by atoms with Gasteiger partial charge in [0, 0.05) is 17.5 Å². The first-order valence-corrected chi connectivity index (χ1v) is 11.0. The maximum absolute atomic E-state index is 4.99.